The van der Waals surface area contributed by atoms with Crippen molar-refractivity contribution in [3.05, 3.63) is 59.3 Å². The summed E-state index contributed by atoms with van der Waals surface area (Å²) in [6.45, 7) is 10.7. The van der Waals surface area contributed by atoms with Crippen LogP contribution in [-0.2, 0) is 9.47 Å². The Hall–Kier alpha value is -4.06. The molecule has 0 saturated carbocycles. The molecule has 2 N–H and O–H groups in total. The summed E-state index contributed by atoms with van der Waals surface area (Å²) >= 11 is 0. The average Bonchev–Trinajstić information content (AvgIpc) is 3.45. The second kappa shape index (κ2) is 12.7. The number of rotatable bonds is 7. The molecule has 5 rings (SSSR count). The minimum atomic E-state index is -0.961. The van der Waals surface area contributed by atoms with Gasteiger partial charge >= 0.3 is 6.09 Å². The Kier molecular flexibility index (Phi) is 8.95. The second-order valence-electron chi connectivity index (χ2n) is 11.9. The lowest BCUT2D eigenvalue weighted by Gasteiger charge is -2.29. The van der Waals surface area contributed by atoms with Gasteiger partial charge in [-0.25, -0.2) is 18.6 Å². The molecule has 2 amide bonds. The molecule has 2 saturated heterocycles. The molecule has 0 radical (unpaired) electrons. The summed E-state index contributed by atoms with van der Waals surface area (Å²) in [5, 5.41) is 6.17. The third-order valence-corrected chi connectivity index (χ3v) is 7.53. The number of benzene rings is 2. The van der Waals surface area contributed by atoms with Gasteiger partial charge in [-0.05, 0) is 64.8 Å². The van der Waals surface area contributed by atoms with Gasteiger partial charge in [0.1, 0.15) is 11.4 Å². The van der Waals surface area contributed by atoms with E-state index in [1.165, 1.54) is 6.07 Å². The van der Waals surface area contributed by atoms with Crippen LogP contribution in [0.3, 0.4) is 0 Å². The highest BCUT2D eigenvalue weighted by Gasteiger charge is 2.32. The van der Waals surface area contributed by atoms with Gasteiger partial charge in [-0.2, -0.15) is 0 Å². The van der Waals surface area contributed by atoms with Crippen molar-refractivity contribution in [2.24, 2.45) is 0 Å². The Labute approximate surface area is 249 Å². The number of likely N-dealkylation sites (tertiary alicyclic amines) is 1. The highest BCUT2D eigenvalue weighted by molar-refractivity contribution is 5.98. The third-order valence-electron chi connectivity index (χ3n) is 7.53. The smallest absolute Gasteiger partial charge is 0.410 e. The molecule has 2 fully saturated rings. The summed E-state index contributed by atoms with van der Waals surface area (Å²) in [6.07, 6.45) is 2.88. The monoisotopic (exact) mass is 596 g/mol. The van der Waals surface area contributed by atoms with Crippen molar-refractivity contribution in [1.29, 1.82) is 0 Å². The van der Waals surface area contributed by atoms with Gasteiger partial charge in [0.05, 0.1) is 42.5 Å². The van der Waals surface area contributed by atoms with Crippen molar-refractivity contribution >= 4 is 34.5 Å². The maximum atomic E-state index is 13.9. The number of anilines is 2. The Morgan fingerprint density at radius 3 is 2.60 bits per heavy atom. The SMILES string of the molecule is CC(Nc1ccc(F)c(F)c1)c1cc(C(=O)NCC2CCCN2C(=O)OC(C)(C)C)cc2ncc(N3CCOCC3)nc12. The lowest BCUT2D eigenvalue weighted by Crippen LogP contribution is -2.45. The highest BCUT2D eigenvalue weighted by atomic mass is 19.2. The zero-order valence-electron chi connectivity index (χ0n) is 25.0. The summed E-state index contributed by atoms with van der Waals surface area (Å²) in [7, 11) is 0. The first-order valence-corrected chi connectivity index (χ1v) is 14.6. The predicted molar refractivity (Wildman–Crippen MR) is 159 cm³/mol. The van der Waals surface area contributed by atoms with Gasteiger partial charge in [0.25, 0.3) is 5.91 Å². The van der Waals surface area contributed by atoms with E-state index in [-0.39, 0.29) is 24.6 Å². The normalized spacial score (nSPS) is 18.0. The van der Waals surface area contributed by atoms with Gasteiger partial charge < -0.3 is 29.9 Å². The number of amides is 2. The third kappa shape index (κ3) is 7.30. The molecule has 2 aromatic carbocycles. The number of halogens is 2. The molecule has 3 heterocycles. The fourth-order valence-electron chi connectivity index (χ4n) is 5.37. The maximum absolute atomic E-state index is 13.9. The van der Waals surface area contributed by atoms with Crippen LogP contribution in [-0.4, -0.2) is 77.9 Å². The van der Waals surface area contributed by atoms with Gasteiger partial charge in [-0.1, -0.05) is 0 Å². The number of carbonyl (C=O) groups is 2. The van der Waals surface area contributed by atoms with Gasteiger partial charge in [0, 0.05) is 49.1 Å². The molecule has 0 spiro atoms. The maximum Gasteiger partial charge on any atom is 0.410 e. The predicted octanol–water partition coefficient (Wildman–Crippen LogP) is 5.05. The second-order valence-corrected chi connectivity index (χ2v) is 11.9. The molecule has 12 heteroatoms. The standard InChI is InChI=1S/C31H38F2N6O4/c1-19(36-21-7-8-24(32)25(33)16-21)23-14-20(15-26-28(23)37-27(18-34-26)38-10-12-42-13-11-38)29(40)35-17-22-6-5-9-39(22)30(41)43-31(2,3)4/h7-8,14-16,18-19,22,36H,5-6,9-13,17H2,1-4H3,(H,35,40). The van der Waals surface area contributed by atoms with Crippen LogP contribution in [0.2, 0.25) is 0 Å². The number of morpholine rings is 1. The van der Waals surface area contributed by atoms with Crippen LogP contribution in [0.5, 0.6) is 0 Å². The summed E-state index contributed by atoms with van der Waals surface area (Å²) in [5.74, 6) is -1.52. The molecular weight excluding hydrogens is 558 g/mol. The van der Waals surface area contributed by atoms with Crippen molar-refractivity contribution in [2.45, 2.75) is 58.2 Å². The molecule has 0 aliphatic carbocycles. The minimum Gasteiger partial charge on any atom is -0.444 e. The topological polar surface area (TPSA) is 109 Å². The molecule has 2 atom stereocenters. The van der Waals surface area contributed by atoms with Gasteiger partial charge in [-0.15, -0.1) is 0 Å². The quantitative estimate of drug-likeness (QED) is 0.390. The summed E-state index contributed by atoms with van der Waals surface area (Å²) in [6, 6.07) is 6.42. The highest BCUT2D eigenvalue weighted by Crippen LogP contribution is 2.29. The van der Waals surface area contributed by atoms with Crippen molar-refractivity contribution in [2.75, 3.05) is 49.6 Å². The molecule has 2 unspecified atom stereocenters. The van der Waals surface area contributed by atoms with E-state index in [0.29, 0.717) is 66.5 Å². The molecule has 0 bridgehead atoms. The van der Waals surface area contributed by atoms with Crippen LogP contribution >= 0.6 is 0 Å². The molecule has 2 aliphatic rings. The van der Waals surface area contributed by atoms with Crippen LogP contribution < -0.4 is 15.5 Å². The summed E-state index contributed by atoms with van der Waals surface area (Å²) in [5.41, 5.74) is 1.94. The van der Waals surface area contributed by atoms with E-state index in [9.17, 15) is 18.4 Å². The molecule has 43 heavy (non-hydrogen) atoms. The lowest BCUT2D eigenvalue weighted by atomic mass is 10.0. The Balaban J connectivity index is 1.40. The fraction of sp³-hybridized carbons (Fsp3) is 0.484. The molecule has 3 aromatic rings. The zero-order chi connectivity index (χ0) is 30.7. The fourth-order valence-corrected chi connectivity index (χ4v) is 5.37. The van der Waals surface area contributed by atoms with E-state index >= 15 is 0 Å². The molecule has 10 nitrogen and oxygen atoms in total. The Morgan fingerprint density at radius 2 is 1.88 bits per heavy atom. The van der Waals surface area contributed by atoms with E-state index in [4.69, 9.17) is 14.5 Å². The van der Waals surface area contributed by atoms with Crippen LogP contribution in [0.1, 0.15) is 62.5 Å². The first-order valence-electron chi connectivity index (χ1n) is 14.6. The minimum absolute atomic E-state index is 0.177. The zero-order valence-corrected chi connectivity index (χ0v) is 25.0. The van der Waals surface area contributed by atoms with Crippen molar-refractivity contribution in [1.82, 2.24) is 20.2 Å². The van der Waals surface area contributed by atoms with E-state index in [1.54, 1.807) is 23.2 Å². The lowest BCUT2D eigenvalue weighted by molar-refractivity contribution is 0.0225. The Bertz CT molecular complexity index is 1490. The van der Waals surface area contributed by atoms with E-state index in [0.717, 1.165) is 25.0 Å². The molecular formula is C31H38F2N6O4. The van der Waals surface area contributed by atoms with Gasteiger partial charge in [-0.3, -0.25) is 9.78 Å². The molecule has 230 valence electrons. The van der Waals surface area contributed by atoms with Crippen molar-refractivity contribution in [3.8, 4) is 0 Å². The summed E-state index contributed by atoms with van der Waals surface area (Å²) < 4.78 is 38.5. The van der Waals surface area contributed by atoms with E-state index < -0.39 is 23.3 Å². The Morgan fingerprint density at radius 1 is 1.12 bits per heavy atom. The van der Waals surface area contributed by atoms with Gasteiger partial charge in [0.2, 0.25) is 0 Å². The number of hydrogen-bond acceptors (Lipinski definition) is 8. The van der Waals surface area contributed by atoms with Crippen LogP contribution in [0.4, 0.5) is 25.1 Å². The average molecular weight is 597 g/mol. The van der Waals surface area contributed by atoms with Crippen molar-refractivity contribution < 1.29 is 27.8 Å². The largest absolute Gasteiger partial charge is 0.444 e. The van der Waals surface area contributed by atoms with E-state index in [1.807, 2.05) is 27.7 Å². The van der Waals surface area contributed by atoms with Crippen LogP contribution in [0.15, 0.2) is 36.5 Å². The first-order chi connectivity index (χ1) is 20.5. The number of nitrogens with one attached hydrogen (secondary N) is 2. The number of hydrogen-bond donors (Lipinski definition) is 2. The number of nitrogens with zero attached hydrogens (tertiary/aromatic N) is 4. The molecule has 1 aromatic heterocycles. The van der Waals surface area contributed by atoms with Gasteiger partial charge in [0.15, 0.2) is 11.6 Å². The number of aromatic nitrogens is 2. The number of fused-ring (bicyclic) bond motifs is 1. The summed E-state index contributed by atoms with van der Waals surface area (Å²) in [4.78, 5) is 39.5. The van der Waals surface area contributed by atoms with E-state index in [2.05, 4.69) is 20.5 Å². The number of carbonyl (C=O) groups excluding carboxylic acids is 2. The number of ether oxygens (including phenoxy) is 2. The van der Waals surface area contributed by atoms with Crippen molar-refractivity contribution in [3.63, 3.8) is 0 Å². The van der Waals surface area contributed by atoms with Crippen LogP contribution in [0, 0.1) is 11.6 Å². The molecule has 2 aliphatic heterocycles. The first kappa shape index (κ1) is 30.4. The van der Waals surface area contributed by atoms with Crippen LogP contribution in [0.25, 0.3) is 11.0 Å².